The van der Waals surface area contributed by atoms with Gasteiger partial charge in [0, 0.05) is 11.3 Å². The third-order valence-electron chi connectivity index (χ3n) is 2.75. The summed E-state index contributed by atoms with van der Waals surface area (Å²) in [7, 11) is 0. The number of hydrogen-bond donors (Lipinski definition) is 1. The van der Waals surface area contributed by atoms with Crippen molar-refractivity contribution in [1.82, 2.24) is 10.1 Å². The Hall–Kier alpha value is -1.66. The van der Waals surface area contributed by atoms with Crippen LogP contribution < -0.4 is 5.73 Å². The predicted molar refractivity (Wildman–Crippen MR) is 79.9 cm³/mol. The normalized spacial score (nSPS) is 10.8. The molecule has 0 amide bonds. The lowest BCUT2D eigenvalue weighted by molar-refractivity contribution is 0.432. The van der Waals surface area contributed by atoms with Crippen LogP contribution in [-0.2, 0) is 0 Å². The molecule has 2 N–H and O–H groups in total. The van der Waals surface area contributed by atoms with Gasteiger partial charge in [0.15, 0.2) is 0 Å². The smallest absolute Gasteiger partial charge is 0.258 e. The van der Waals surface area contributed by atoms with E-state index in [0.29, 0.717) is 11.7 Å². The molecule has 2 aromatic heterocycles. The van der Waals surface area contributed by atoms with Crippen LogP contribution in [0.25, 0.3) is 22.2 Å². The molecule has 0 radical (unpaired) electrons. The maximum absolute atomic E-state index is 5.89. The maximum atomic E-state index is 5.89. The van der Waals surface area contributed by atoms with Gasteiger partial charge in [0.05, 0.1) is 8.66 Å². The highest BCUT2D eigenvalue weighted by atomic mass is 79.9. The first-order valence-electron chi connectivity index (χ1n) is 5.59. The third-order valence-corrected chi connectivity index (χ3v) is 4.37. The Morgan fingerprint density at radius 1 is 1.26 bits per heavy atom. The number of hydrogen-bond acceptors (Lipinski definition) is 5. The molecule has 2 heterocycles. The summed E-state index contributed by atoms with van der Waals surface area (Å²) >= 11 is 4.98. The standard InChI is InChI=1S/C13H10BrN3OS/c1-7-2-3-8(6-9(7)15)13-16-12(17-18-13)10-4-5-11(14)19-10/h2-6H,15H2,1H3. The molecule has 96 valence electrons. The summed E-state index contributed by atoms with van der Waals surface area (Å²) in [5, 5.41) is 3.99. The van der Waals surface area contributed by atoms with Crippen LogP contribution in [0.5, 0.6) is 0 Å². The molecule has 0 unspecified atom stereocenters. The summed E-state index contributed by atoms with van der Waals surface area (Å²) < 4.78 is 6.32. The molecular weight excluding hydrogens is 326 g/mol. The monoisotopic (exact) mass is 335 g/mol. The van der Waals surface area contributed by atoms with Gasteiger partial charge in [-0.2, -0.15) is 4.98 Å². The maximum Gasteiger partial charge on any atom is 0.258 e. The highest BCUT2D eigenvalue weighted by Gasteiger charge is 2.12. The van der Waals surface area contributed by atoms with Crippen molar-refractivity contribution >= 4 is 33.0 Å². The van der Waals surface area contributed by atoms with Crippen LogP contribution in [0.15, 0.2) is 38.6 Å². The minimum Gasteiger partial charge on any atom is -0.398 e. The first-order chi connectivity index (χ1) is 9.13. The van der Waals surface area contributed by atoms with E-state index in [9.17, 15) is 0 Å². The van der Waals surface area contributed by atoms with E-state index < -0.39 is 0 Å². The quantitative estimate of drug-likeness (QED) is 0.715. The lowest BCUT2D eigenvalue weighted by Gasteiger charge is -2.00. The molecule has 0 bridgehead atoms. The minimum atomic E-state index is 0.478. The average molecular weight is 336 g/mol. The number of aromatic nitrogens is 2. The predicted octanol–water partition coefficient (Wildman–Crippen LogP) is 4.12. The van der Waals surface area contributed by atoms with E-state index in [2.05, 4.69) is 26.1 Å². The van der Waals surface area contributed by atoms with Gasteiger partial charge in [-0.3, -0.25) is 0 Å². The van der Waals surface area contributed by atoms with Crippen LogP contribution in [0.3, 0.4) is 0 Å². The Bertz CT molecular complexity index is 735. The number of benzene rings is 1. The van der Waals surface area contributed by atoms with Crippen LogP contribution in [0.1, 0.15) is 5.56 Å². The Balaban J connectivity index is 1.98. The molecule has 3 aromatic rings. The molecule has 0 spiro atoms. The third kappa shape index (κ3) is 2.41. The molecular formula is C13H10BrN3OS. The number of aryl methyl sites for hydroxylation is 1. The van der Waals surface area contributed by atoms with E-state index in [1.54, 1.807) is 11.3 Å². The second kappa shape index (κ2) is 4.79. The summed E-state index contributed by atoms with van der Waals surface area (Å²) in [6, 6.07) is 9.62. The highest BCUT2D eigenvalue weighted by Crippen LogP contribution is 2.31. The van der Waals surface area contributed by atoms with Crippen molar-refractivity contribution < 1.29 is 4.52 Å². The van der Waals surface area contributed by atoms with Crippen LogP contribution in [0.4, 0.5) is 5.69 Å². The van der Waals surface area contributed by atoms with Gasteiger partial charge in [0.2, 0.25) is 5.82 Å². The SMILES string of the molecule is Cc1ccc(-c2nc(-c3ccc(Br)s3)no2)cc1N. The summed E-state index contributed by atoms with van der Waals surface area (Å²) in [6.45, 7) is 1.96. The summed E-state index contributed by atoms with van der Waals surface area (Å²) in [5.41, 5.74) is 8.47. The van der Waals surface area contributed by atoms with Gasteiger partial charge in [0.25, 0.3) is 5.89 Å². The van der Waals surface area contributed by atoms with Gasteiger partial charge in [-0.05, 0) is 52.7 Å². The summed E-state index contributed by atoms with van der Waals surface area (Å²) in [4.78, 5) is 5.35. The van der Waals surface area contributed by atoms with E-state index in [1.165, 1.54) is 0 Å². The first-order valence-corrected chi connectivity index (χ1v) is 7.20. The minimum absolute atomic E-state index is 0.478. The zero-order valence-corrected chi connectivity index (χ0v) is 12.5. The van der Waals surface area contributed by atoms with Gasteiger partial charge < -0.3 is 10.3 Å². The Labute approximate surface area is 122 Å². The number of thiophene rings is 1. The molecule has 0 saturated carbocycles. The van der Waals surface area contributed by atoms with Crippen molar-refractivity contribution in [3.05, 3.63) is 39.7 Å². The largest absolute Gasteiger partial charge is 0.398 e. The fraction of sp³-hybridized carbons (Fsp3) is 0.0769. The van der Waals surface area contributed by atoms with E-state index in [0.717, 1.165) is 25.5 Å². The number of nitrogens with two attached hydrogens (primary N) is 1. The summed E-state index contributed by atoms with van der Waals surface area (Å²) in [6.07, 6.45) is 0. The average Bonchev–Trinajstić information content (AvgIpc) is 3.01. The van der Waals surface area contributed by atoms with Crippen molar-refractivity contribution in [3.63, 3.8) is 0 Å². The molecule has 0 saturated heterocycles. The Morgan fingerprint density at radius 2 is 2.11 bits per heavy atom. The lowest BCUT2D eigenvalue weighted by atomic mass is 10.1. The second-order valence-corrected chi connectivity index (χ2v) is 6.56. The van der Waals surface area contributed by atoms with Gasteiger partial charge in [-0.25, -0.2) is 0 Å². The molecule has 4 nitrogen and oxygen atoms in total. The fourth-order valence-corrected chi connectivity index (χ4v) is 2.96. The van der Waals surface area contributed by atoms with Crippen LogP contribution in [0.2, 0.25) is 0 Å². The zero-order valence-electron chi connectivity index (χ0n) is 10.1. The van der Waals surface area contributed by atoms with E-state index >= 15 is 0 Å². The van der Waals surface area contributed by atoms with Gasteiger partial charge in [-0.1, -0.05) is 11.2 Å². The van der Waals surface area contributed by atoms with E-state index in [1.807, 2.05) is 37.3 Å². The molecule has 19 heavy (non-hydrogen) atoms. The number of nitrogens with zero attached hydrogens (tertiary/aromatic N) is 2. The van der Waals surface area contributed by atoms with Crippen LogP contribution in [-0.4, -0.2) is 10.1 Å². The Morgan fingerprint density at radius 3 is 2.79 bits per heavy atom. The van der Waals surface area contributed by atoms with Crippen LogP contribution in [0, 0.1) is 6.92 Å². The second-order valence-electron chi connectivity index (χ2n) is 4.10. The number of halogens is 1. The van der Waals surface area contributed by atoms with Gasteiger partial charge in [0.1, 0.15) is 0 Å². The zero-order chi connectivity index (χ0) is 13.4. The van der Waals surface area contributed by atoms with Crippen molar-refractivity contribution in [2.45, 2.75) is 6.92 Å². The van der Waals surface area contributed by atoms with Crippen molar-refractivity contribution in [1.29, 1.82) is 0 Å². The van der Waals surface area contributed by atoms with Crippen molar-refractivity contribution in [2.75, 3.05) is 5.73 Å². The molecule has 1 aromatic carbocycles. The molecule has 3 rings (SSSR count). The molecule has 0 fully saturated rings. The van der Waals surface area contributed by atoms with Gasteiger partial charge >= 0.3 is 0 Å². The number of nitrogen functional groups attached to an aromatic ring is 1. The molecule has 0 aliphatic heterocycles. The molecule has 0 atom stereocenters. The van der Waals surface area contributed by atoms with Crippen LogP contribution >= 0.6 is 27.3 Å². The summed E-state index contributed by atoms with van der Waals surface area (Å²) in [5.74, 6) is 1.07. The number of rotatable bonds is 2. The Kier molecular flexibility index (Phi) is 3.12. The van der Waals surface area contributed by atoms with Crippen molar-refractivity contribution in [2.24, 2.45) is 0 Å². The van der Waals surface area contributed by atoms with Gasteiger partial charge in [-0.15, -0.1) is 11.3 Å². The highest BCUT2D eigenvalue weighted by molar-refractivity contribution is 9.11. The fourth-order valence-electron chi connectivity index (χ4n) is 1.65. The molecule has 0 aliphatic rings. The lowest BCUT2D eigenvalue weighted by Crippen LogP contribution is -1.89. The van der Waals surface area contributed by atoms with E-state index in [-0.39, 0.29) is 0 Å². The number of anilines is 1. The topological polar surface area (TPSA) is 64.9 Å². The van der Waals surface area contributed by atoms with Crippen molar-refractivity contribution in [3.8, 4) is 22.2 Å². The van der Waals surface area contributed by atoms with E-state index in [4.69, 9.17) is 10.3 Å². The molecule has 0 aliphatic carbocycles. The molecule has 6 heteroatoms. The first kappa shape index (κ1) is 12.4.